The molecule has 108 valence electrons. The first-order valence-electron chi connectivity index (χ1n) is 7.24. The molecule has 1 fully saturated rings. The van der Waals surface area contributed by atoms with E-state index in [-0.39, 0.29) is 0 Å². The monoisotopic (exact) mass is 266 g/mol. The molecule has 1 aliphatic carbocycles. The van der Waals surface area contributed by atoms with Crippen LogP contribution in [0.3, 0.4) is 0 Å². The van der Waals surface area contributed by atoms with Gasteiger partial charge in [0.25, 0.3) is 0 Å². The number of ether oxygens (including phenoxy) is 1. The minimum Gasteiger partial charge on any atom is -0.377 e. The minimum atomic E-state index is 0.343. The van der Waals surface area contributed by atoms with Crippen molar-refractivity contribution in [2.45, 2.75) is 52.7 Å². The maximum atomic E-state index is 5.24. The molecule has 1 aromatic heterocycles. The van der Waals surface area contributed by atoms with Crippen molar-refractivity contribution in [1.29, 1.82) is 0 Å². The van der Waals surface area contributed by atoms with Crippen LogP contribution in [0.1, 0.15) is 45.1 Å². The van der Waals surface area contributed by atoms with E-state index in [9.17, 15) is 0 Å². The molecule has 1 saturated carbocycles. The van der Waals surface area contributed by atoms with Crippen LogP contribution in [-0.2, 0) is 17.8 Å². The number of nitrogens with one attached hydrogen (secondary N) is 1. The molecule has 2 atom stereocenters. The van der Waals surface area contributed by atoms with E-state index in [1.807, 2.05) is 6.07 Å². The summed E-state index contributed by atoms with van der Waals surface area (Å²) in [6.45, 7) is 8.53. The Labute approximate surface area is 115 Å². The van der Waals surface area contributed by atoms with Gasteiger partial charge in [0.2, 0.25) is 0 Å². The summed E-state index contributed by atoms with van der Waals surface area (Å²) in [6, 6.07) is 2.66. The molecular formula is C15H26N2O2. The van der Waals surface area contributed by atoms with Gasteiger partial charge in [-0.2, -0.15) is 0 Å². The largest absolute Gasteiger partial charge is 0.377 e. The van der Waals surface area contributed by atoms with E-state index in [1.165, 1.54) is 12.8 Å². The van der Waals surface area contributed by atoms with Crippen LogP contribution in [0.2, 0.25) is 0 Å². The van der Waals surface area contributed by atoms with Gasteiger partial charge in [-0.25, -0.2) is 0 Å². The average molecular weight is 266 g/mol. The van der Waals surface area contributed by atoms with Gasteiger partial charge in [-0.15, -0.1) is 0 Å². The fraction of sp³-hybridized carbons (Fsp3) is 0.800. The molecule has 0 bridgehead atoms. The Morgan fingerprint density at radius 2 is 2.32 bits per heavy atom. The summed E-state index contributed by atoms with van der Waals surface area (Å²) in [5, 5.41) is 7.77. The normalized spacial score (nSPS) is 25.3. The first-order valence-corrected chi connectivity index (χ1v) is 7.24. The lowest BCUT2D eigenvalue weighted by molar-refractivity contribution is 0.0138. The van der Waals surface area contributed by atoms with E-state index in [4.69, 9.17) is 9.26 Å². The standard InChI is InChI=1S/C15H26N2O2/c1-5-6-16-14-8-11(15(14,2)3)7-12-9-13(10-18-4)19-17-12/h9,11,14,16H,5-8,10H2,1-4H3. The highest BCUT2D eigenvalue weighted by molar-refractivity contribution is 5.10. The fourth-order valence-electron chi connectivity index (χ4n) is 2.94. The summed E-state index contributed by atoms with van der Waals surface area (Å²) in [6.07, 6.45) is 3.44. The molecule has 2 unspecified atom stereocenters. The van der Waals surface area contributed by atoms with E-state index >= 15 is 0 Å². The SMILES string of the molecule is CCCNC1CC(Cc2cc(COC)on2)C1(C)C. The highest BCUT2D eigenvalue weighted by atomic mass is 16.5. The summed E-state index contributed by atoms with van der Waals surface area (Å²) in [5.74, 6) is 1.50. The number of hydrogen-bond donors (Lipinski definition) is 1. The molecule has 1 aliphatic rings. The van der Waals surface area contributed by atoms with Crippen molar-refractivity contribution < 1.29 is 9.26 Å². The van der Waals surface area contributed by atoms with Crippen LogP contribution in [-0.4, -0.2) is 24.9 Å². The minimum absolute atomic E-state index is 0.343. The Bertz CT molecular complexity index is 401. The first-order chi connectivity index (χ1) is 9.07. The smallest absolute Gasteiger partial charge is 0.162 e. The lowest BCUT2D eigenvalue weighted by atomic mass is 9.57. The Hall–Kier alpha value is -0.870. The van der Waals surface area contributed by atoms with Gasteiger partial charge in [0, 0.05) is 19.2 Å². The van der Waals surface area contributed by atoms with Crippen LogP contribution in [0.25, 0.3) is 0 Å². The number of aromatic nitrogens is 1. The number of nitrogens with zero attached hydrogens (tertiary/aromatic N) is 1. The van der Waals surface area contributed by atoms with Gasteiger partial charge in [-0.05, 0) is 37.1 Å². The molecule has 19 heavy (non-hydrogen) atoms. The zero-order chi connectivity index (χ0) is 13.9. The molecule has 2 rings (SSSR count). The maximum absolute atomic E-state index is 5.24. The van der Waals surface area contributed by atoms with Crippen molar-refractivity contribution in [2.24, 2.45) is 11.3 Å². The van der Waals surface area contributed by atoms with Crippen molar-refractivity contribution in [2.75, 3.05) is 13.7 Å². The molecule has 0 saturated heterocycles. The highest BCUT2D eigenvalue weighted by Gasteiger charge is 2.47. The summed E-state index contributed by atoms with van der Waals surface area (Å²) >= 11 is 0. The van der Waals surface area contributed by atoms with Crippen molar-refractivity contribution in [3.63, 3.8) is 0 Å². The van der Waals surface area contributed by atoms with E-state index < -0.39 is 0 Å². The summed E-state index contributed by atoms with van der Waals surface area (Å²) < 4.78 is 10.3. The Morgan fingerprint density at radius 1 is 1.53 bits per heavy atom. The van der Waals surface area contributed by atoms with Gasteiger partial charge in [0.1, 0.15) is 6.61 Å². The van der Waals surface area contributed by atoms with Crippen LogP contribution in [0, 0.1) is 11.3 Å². The van der Waals surface area contributed by atoms with Gasteiger partial charge in [-0.3, -0.25) is 0 Å². The van der Waals surface area contributed by atoms with Crippen LogP contribution in [0.4, 0.5) is 0 Å². The van der Waals surface area contributed by atoms with Gasteiger partial charge in [-0.1, -0.05) is 25.9 Å². The summed E-state index contributed by atoms with van der Waals surface area (Å²) in [5.41, 5.74) is 1.40. The molecule has 4 nitrogen and oxygen atoms in total. The lowest BCUT2D eigenvalue weighted by Gasteiger charge is -2.52. The van der Waals surface area contributed by atoms with Gasteiger partial charge < -0.3 is 14.6 Å². The molecule has 1 heterocycles. The summed E-state index contributed by atoms with van der Waals surface area (Å²) in [7, 11) is 1.67. The second-order valence-corrected chi connectivity index (χ2v) is 6.18. The van der Waals surface area contributed by atoms with E-state index in [0.717, 1.165) is 24.4 Å². The highest BCUT2D eigenvalue weighted by Crippen LogP contribution is 2.47. The van der Waals surface area contributed by atoms with E-state index in [0.29, 0.717) is 24.0 Å². The van der Waals surface area contributed by atoms with Crippen LogP contribution in [0.5, 0.6) is 0 Å². The lowest BCUT2D eigenvalue weighted by Crippen LogP contribution is -2.57. The number of methoxy groups -OCH3 is 1. The second-order valence-electron chi connectivity index (χ2n) is 6.18. The third kappa shape index (κ3) is 3.18. The van der Waals surface area contributed by atoms with E-state index in [1.54, 1.807) is 7.11 Å². The van der Waals surface area contributed by atoms with Crippen molar-refractivity contribution in [3.05, 3.63) is 17.5 Å². The van der Waals surface area contributed by atoms with Crippen molar-refractivity contribution in [3.8, 4) is 0 Å². The second kappa shape index (κ2) is 6.06. The van der Waals surface area contributed by atoms with Crippen molar-refractivity contribution >= 4 is 0 Å². The average Bonchev–Trinajstić information content (AvgIpc) is 2.81. The molecule has 0 radical (unpaired) electrons. The fourth-order valence-corrected chi connectivity index (χ4v) is 2.94. The topological polar surface area (TPSA) is 47.3 Å². The maximum Gasteiger partial charge on any atom is 0.162 e. The number of rotatable bonds is 7. The predicted molar refractivity (Wildman–Crippen MR) is 74.9 cm³/mol. The first kappa shape index (κ1) is 14.5. The third-order valence-corrected chi connectivity index (χ3v) is 4.46. The zero-order valence-electron chi connectivity index (χ0n) is 12.5. The summed E-state index contributed by atoms with van der Waals surface area (Å²) in [4.78, 5) is 0. The predicted octanol–water partition coefficient (Wildman–Crippen LogP) is 2.78. The van der Waals surface area contributed by atoms with Gasteiger partial charge in [0.05, 0.1) is 5.69 Å². The number of hydrogen-bond acceptors (Lipinski definition) is 4. The quantitative estimate of drug-likeness (QED) is 0.824. The molecule has 1 aromatic rings. The van der Waals surface area contributed by atoms with Crippen molar-refractivity contribution in [1.82, 2.24) is 10.5 Å². The van der Waals surface area contributed by atoms with Gasteiger partial charge in [0.15, 0.2) is 5.76 Å². The third-order valence-electron chi connectivity index (χ3n) is 4.46. The Balaban J connectivity index is 1.86. The molecule has 0 spiro atoms. The van der Waals surface area contributed by atoms with E-state index in [2.05, 4.69) is 31.2 Å². The molecule has 1 N–H and O–H groups in total. The molecule has 0 aromatic carbocycles. The van der Waals surface area contributed by atoms with Crippen LogP contribution < -0.4 is 5.32 Å². The van der Waals surface area contributed by atoms with Crippen LogP contribution in [0.15, 0.2) is 10.6 Å². The van der Waals surface area contributed by atoms with Crippen LogP contribution >= 0.6 is 0 Å². The Morgan fingerprint density at radius 3 is 2.95 bits per heavy atom. The Kier molecular flexibility index (Phi) is 4.63. The molecule has 0 aliphatic heterocycles. The van der Waals surface area contributed by atoms with Gasteiger partial charge >= 0.3 is 0 Å². The molecule has 4 heteroatoms. The zero-order valence-corrected chi connectivity index (χ0v) is 12.5. The molecule has 0 amide bonds. The molecular weight excluding hydrogens is 240 g/mol.